The predicted molar refractivity (Wildman–Crippen MR) is 125 cm³/mol. The van der Waals surface area contributed by atoms with Gasteiger partial charge in [-0.1, -0.05) is 48.5 Å². The van der Waals surface area contributed by atoms with Crippen molar-refractivity contribution in [2.45, 2.75) is 62.9 Å². The SMILES string of the molecule is Cc1nnc(S[C@H](C)C(=O)Nc2sc3c(c2C#N)CCCCC3)n1Cc1ccccc1. The number of nitrogens with one attached hydrogen (secondary N) is 1. The van der Waals surface area contributed by atoms with Gasteiger partial charge < -0.3 is 9.88 Å². The molecule has 31 heavy (non-hydrogen) atoms. The Balaban J connectivity index is 1.47. The van der Waals surface area contributed by atoms with Gasteiger partial charge in [0.25, 0.3) is 0 Å². The van der Waals surface area contributed by atoms with Crippen molar-refractivity contribution in [2.75, 3.05) is 5.32 Å². The van der Waals surface area contributed by atoms with Crippen molar-refractivity contribution in [1.29, 1.82) is 5.26 Å². The van der Waals surface area contributed by atoms with E-state index in [1.54, 1.807) is 11.3 Å². The van der Waals surface area contributed by atoms with E-state index in [1.807, 2.05) is 36.6 Å². The molecule has 160 valence electrons. The molecule has 1 atom stereocenters. The van der Waals surface area contributed by atoms with Crippen molar-refractivity contribution >= 4 is 34.0 Å². The molecule has 2 heterocycles. The van der Waals surface area contributed by atoms with E-state index < -0.39 is 0 Å². The lowest BCUT2D eigenvalue weighted by atomic mass is 10.1. The van der Waals surface area contributed by atoms with Gasteiger partial charge in [-0.05, 0) is 50.7 Å². The number of benzene rings is 1. The molecule has 0 saturated carbocycles. The zero-order valence-electron chi connectivity index (χ0n) is 17.7. The Morgan fingerprint density at radius 3 is 2.81 bits per heavy atom. The van der Waals surface area contributed by atoms with Crippen molar-refractivity contribution in [3.8, 4) is 6.07 Å². The number of amides is 1. The summed E-state index contributed by atoms with van der Waals surface area (Å²) in [6.45, 7) is 4.44. The number of thiophene rings is 1. The van der Waals surface area contributed by atoms with E-state index >= 15 is 0 Å². The molecule has 0 spiro atoms. The Bertz CT molecular complexity index is 1110. The number of rotatable bonds is 6. The van der Waals surface area contributed by atoms with E-state index in [2.05, 4.69) is 33.7 Å². The maximum Gasteiger partial charge on any atom is 0.238 e. The van der Waals surface area contributed by atoms with E-state index in [-0.39, 0.29) is 11.2 Å². The number of aryl methyl sites for hydroxylation is 2. The minimum Gasteiger partial charge on any atom is -0.316 e. The highest BCUT2D eigenvalue weighted by atomic mass is 32.2. The highest BCUT2D eigenvalue weighted by Crippen LogP contribution is 2.37. The first-order valence-corrected chi connectivity index (χ1v) is 12.2. The lowest BCUT2D eigenvalue weighted by molar-refractivity contribution is -0.115. The van der Waals surface area contributed by atoms with Crippen LogP contribution < -0.4 is 5.32 Å². The van der Waals surface area contributed by atoms with E-state index in [0.717, 1.165) is 42.6 Å². The molecular weight excluding hydrogens is 426 g/mol. The van der Waals surface area contributed by atoms with Crippen LogP contribution >= 0.6 is 23.1 Å². The average Bonchev–Trinajstić information content (AvgIpc) is 3.17. The van der Waals surface area contributed by atoms with Crippen LogP contribution in [0.15, 0.2) is 35.5 Å². The van der Waals surface area contributed by atoms with E-state index in [9.17, 15) is 10.1 Å². The standard InChI is InChI=1S/C23H25N5OS2/c1-15(30-23-27-26-16(2)28(23)14-17-9-5-3-6-10-17)21(29)25-22-19(13-24)18-11-7-4-8-12-20(18)31-22/h3,5-6,9-10,15H,4,7-8,11-12,14H2,1-2H3,(H,25,29)/t15-/m1/s1. The van der Waals surface area contributed by atoms with Crippen LogP contribution in [-0.2, 0) is 24.2 Å². The molecule has 0 radical (unpaired) electrons. The Morgan fingerprint density at radius 1 is 1.26 bits per heavy atom. The number of thioether (sulfide) groups is 1. The molecule has 0 aliphatic heterocycles. The molecule has 6 nitrogen and oxygen atoms in total. The number of anilines is 1. The van der Waals surface area contributed by atoms with E-state index in [1.165, 1.54) is 23.1 Å². The number of fused-ring (bicyclic) bond motifs is 1. The van der Waals surface area contributed by atoms with Crippen LogP contribution in [0, 0.1) is 18.3 Å². The first-order valence-electron chi connectivity index (χ1n) is 10.5. The summed E-state index contributed by atoms with van der Waals surface area (Å²) >= 11 is 2.95. The molecule has 1 amide bonds. The molecule has 0 fully saturated rings. The maximum atomic E-state index is 12.9. The van der Waals surface area contributed by atoms with E-state index in [0.29, 0.717) is 22.3 Å². The number of hydrogen-bond acceptors (Lipinski definition) is 6. The largest absolute Gasteiger partial charge is 0.316 e. The number of hydrogen-bond donors (Lipinski definition) is 1. The van der Waals surface area contributed by atoms with Gasteiger partial charge in [0.1, 0.15) is 16.9 Å². The van der Waals surface area contributed by atoms with Crippen LogP contribution in [-0.4, -0.2) is 25.9 Å². The number of carbonyl (C=O) groups is 1. The molecule has 0 unspecified atom stereocenters. The van der Waals surface area contributed by atoms with Crippen molar-refractivity contribution in [3.05, 3.63) is 57.7 Å². The zero-order valence-corrected chi connectivity index (χ0v) is 19.4. The lowest BCUT2D eigenvalue weighted by Crippen LogP contribution is -2.23. The predicted octanol–water partition coefficient (Wildman–Crippen LogP) is 4.96. The van der Waals surface area contributed by atoms with Crippen LogP contribution in [0.3, 0.4) is 0 Å². The molecule has 8 heteroatoms. The second-order valence-electron chi connectivity index (χ2n) is 7.73. The quantitative estimate of drug-likeness (QED) is 0.423. The molecule has 1 aliphatic carbocycles. The summed E-state index contributed by atoms with van der Waals surface area (Å²) in [6, 6.07) is 12.5. The fourth-order valence-electron chi connectivity index (χ4n) is 3.77. The summed E-state index contributed by atoms with van der Waals surface area (Å²) in [5.41, 5.74) is 2.94. The summed E-state index contributed by atoms with van der Waals surface area (Å²) in [4.78, 5) is 14.2. The third-order valence-corrected chi connectivity index (χ3v) is 7.79. The fraction of sp³-hybridized carbons (Fsp3) is 0.391. The lowest BCUT2D eigenvalue weighted by Gasteiger charge is -2.13. The number of carbonyl (C=O) groups excluding carboxylic acids is 1. The van der Waals surface area contributed by atoms with Crippen molar-refractivity contribution in [2.24, 2.45) is 0 Å². The van der Waals surface area contributed by atoms with Gasteiger partial charge in [-0.15, -0.1) is 21.5 Å². The average molecular weight is 452 g/mol. The third kappa shape index (κ3) is 4.83. The number of nitriles is 1. The Morgan fingerprint density at radius 2 is 2.03 bits per heavy atom. The molecule has 0 bridgehead atoms. The number of aromatic nitrogens is 3. The van der Waals surface area contributed by atoms with Crippen LogP contribution in [0.25, 0.3) is 0 Å². The van der Waals surface area contributed by atoms with Gasteiger partial charge in [0.15, 0.2) is 5.16 Å². The summed E-state index contributed by atoms with van der Waals surface area (Å²) in [7, 11) is 0. The van der Waals surface area contributed by atoms with Crippen LogP contribution in [0.4, 0.5) is 5.00 Å². The minimum absolute atomic E-state index is 0.121. The second-order valence-corrected chi connectivity index (χ2v) is 10.1. The topological polar surface area (TPSA) is 83.6 Å². The van der Waals surface area contributed by atoms with Crippen LogP contribution in [0.2, 0.25) is 0 Å². The Hall–Kier alpha value is -2.63. The van der Waals surface area contributed by atoms with Gasteiger partial charge in [-0.25, -0.2) is 0 Å². The maximum absolute atomic E-state index is 12.9. The number of nitrogens with zero attached hydrogens (tertiary/aromatic N) is 4. The third-order valence-electron chi connectivity index (χ3n) is 5.51. The normalized spacial score (nSPS) is 14.4. The molecule has 1 aliphatic rings. The molecule has 0 saturated heterocycles. The highest BCUT2D eigenvalue weighted by molar-refractivity contribution is 8.00. The molecule has 4 rings (SSSR count). The first-order chi connectivity index (χ1) is 15.1. The zero-order chi connectivity index (χ0) is 21.8. The summed E-state index contributed by atoms with van der Waals surface area (Å²) < 4.78 is 2.03. The van der Waals surface area contributed by atoms with Gasteiger partial charge in [-0.3, -0.25) is 4.79 Å². The summed E-state index contributed by atoms with van der Waals surface area (Å²) in [5, 5.41) is 22.2. The van der Waals surface area contributed by atoms with Gasteiger partial charge in [0, 0.05) is 4.88 Å². The molecule has 2 aromatic heterocycles. The Kier molecular flexibility index (Phi) is 6.73. The van der Waals surface area contributed by atoms with Crippen LogP contribution in [0.1, 0.15) is 53.6 Å². The second kappa shape index (κ2) is 9.67. The monoisotopic (exact) mass is 451 g/mol. The van der Waals surface area contributed by atoms with Gasteiger partial charge >= 0.3 is 0 Å². The summed E-state index contributed by atoms with van der Waals surface area (Å²) in [5.74, 6) is 0.692. The van der Waals surface area contributed by atoms with Crippen molar-refractivity contribution < 1.29 is 4.79 Å². The molecular formula is C23H25N5OS2. The first kappa shape index (κ1) is 21.6. The summed E-state index contributed by atoms with van der Waals surface area (Å²) in [6.07, 6.45) is 5.38. The molecule has 3 aromatic rings. The van der Waals surface area contributed by atoms with E-state index in [4.69, 9.17) is 0 Å². The molecule has 1 N–H and O–H groups in total. The molecule has 1 aromatic carbocycles. The van der Waals surface area contributed by atoms with Gasteiger partial charge in [0.2, 0.25) is 5.91 Å². The smallest absolute Gasteiger partial charge is 0.238 e. The van der Waals surface area contributed by atoms with Gasteiger partial charge in [0.05, 0.1) is 17.4 Å². The van der Waals surface area contributed by atoms with Crippen LogP contribution in [0.5, 0.6) is 0 Å². The highest BCUT2D eigenvalue weighted by Gasteiger charge is 2.24. The van der Waals surface area contributed by atoms with Gasteiger partial charge in [-0.2, -0.15) is 5.26 Å². The minimum atomic E-state index is -0.369. The fourth-order valence-corrected chi connectivity index (χ4v) is 5.91. The van der Waals surface area contributed by atoms with Crippen molar-refractivity contribution in [1.82, 2.24) is 14.8 Å². The van der Waals surface area contributed by atoms with Crippen molar-refractivity contribution in [3.63, 3.8) is 0 Å². The Labute approximate surface area is 190 Å².